The van der Waals surface area contributed by atoms with E-state index in [1.165, 1.54) is 4.88 Å². The number of nitrogens with one attached hydrogen (secondary N) is 1. The van der Waals surface area contributed by atoms with Gasteiger partial charge in [-0.05, 0) is 39.1 Å². The summed E-state index contributed by atoms with van der Waals surface area (Å²) in [7, 11) is 1.94. The SMILES string of the molecule is CNC(c1nc(C)c(C)s1)c1ccc(Cl)c2cccnc12. The standard InChI is InChI=1S/C16H16ClN3S/c1-9-10(2)21-16(20-9)15(18-3)12-6-7-13(17)11-5-4-8-19-14(11)12/h4-8,15,18H,1-3H3. The van der Waals surface area contributed by atoms with Crippen LogP contribution in [-0.4, -0.2) is 17.0 Å². The Morgan fingerprint density at radius 2 is 2.05 bits per heavy atom. The summed E-state index contributed by atoms with van der Waals surface area (Å²) in [6, 6.07) is 7.89. The van der Waals surface area contributed by atoms with Crippen LogP contribution in [0.1, 0.15) is 27.2 Å². The molecule has 0 radical (unpaired) electrons. The second kappa shape index (κ2) is 5.72. The number of aromatic nitrogens is 2. The van der Waals surface area contributed by atoms with Crippen molar-refractivity contribution in [3.05, 3.63) is 56.6 Å². The van der Waals surface area contributed by atoms with E-state index in [-0.39, 0.29) is 6.04 Å². The highest BCUT2D eigenvalue weighted by Crippen LogP contribution is 2.33. The van der Waals surface area contributed by atoms with Gasteiger partial charge in [-0.15, -0.1) is 11.3 Å². The molecule has 3 rings (SSSR count). The van der Waals surface area contributed by atoms with Crippen molar-refractivity contribution in [2.24, 2.45) is 0 Å². The Morgan fingerprint density at radius 3 is 2.71 bits per heavy atom. The maximum absolute atomic E-state index is 6.28. The lowest BCUT2D eigenvalue weighted by molar-refractivity contribution is 0.688. The Labute approximate surface area is 133 Å². The number of benzene rings is 1. The minimum absolute atomic E-state index is 0.0251. The van der Waals surface area contributed by atoms with Gasteiger partial charge >= 0.3 is 0 Å². The second-order valence-electron chi connectivity index (χ2n) is 4.95. The van der Waals surface area contributed by atoms with Crippen molar-refractivity contribution in [3.63, 3.8) is 0 Å². The predicted octanol–water partition coefficient (Wildman–Crippen LogP) is 4.27. The van der Waals surface area contributed by atoms with Gasteiger partial charge in [-0.25, -0.2) is 4.98 Å². The number of hydrogen-bond acceptors (Lipinski definition) is 4. The zero-order chi connectivity index (χ0) is 15.0. The molecule has 1 unspecified atom stereocenters. The van der Waals surface area contributed by atoms with Crippen LogP contribution in [-0.2, 0) is 0 Å². The number of nitrogens with zero attached hydrogens (tertiary/aromatic N) is 2. The molecule has 0 saturated heterocycles. The van der Waals surface area contributed by atoms with Gasteiger partial charge in [-0.3, -0.25) is 4.98 Å². The van der Waals surface area contributed by atoms with E-state index in [1.807, 2.05) is 38.2 Å². The molecule has 21 heavy (non-hydrogen) atoms. The van der Waals surface area contributed by atoms with Crippen molar-refractivity contribution in [3.8, 4) is 0 Å². The average molecular weight is 318 g/mol. The van der Waals surface area contributed by atoms with E-state index < -0.39 is 0 Å². The number of thiazole rings is 1. The molecule has 1 N–H and O–H groups in total. The van der Waals surface area contributed by atoms with Gasteiger partial charge in [-0.1, -0.05) is 17.7 Å². The molecule has 0 aliphatic carbocycles. The summed E-state index contributed by atoms with van der Waals surface area (Å²) in [6.07, 6.45) is 1.80. The normalized spacial score (nSPS) is 12.8. The highest BCUT2D eigenvalue weighted by molar-refractivity contribution is 7.11. The Kier molecular flexibility index (Phi) is 3.93. The minimum Gasteiger partial charge on any atom is -0.307 e. The van der Waals surface area contributed by atoms with Crippen molar-refractivity contribution >= 4 is 33.8 Å². The van der Waals surface area contributed by atoms with Gasteiger partial charge in [-0.2, -0.15) is 0 Å². The van der Waals surface area contributed by atoms with Gasteiger partial charge < -0.3 is 5.32 Å². The number of fused-ring (bicyclic) bond motifs is 1. The number of pyridine rings is 1. The van der Waals surface area contributed by atoms with E-state index in [9.17, 15) is 0 Å². The quantitative estimate of drug-likeness (QED) is 0.784. The summed E-state index contributed by atoms with van der Waals surface area (Å²) in [6.45, 7) is 4.14. The van der Waals surface area contributed by atoms with Crippen LogP contribution in [0.4, 0.5) is 0 Å². The summed E-state index contributed by atoms with van der Waals surface area (Å²) in [5.74, 6) is 0. The number of rotatable bonds is 3. The molecular weight excluding hydrogens is 302 g/mol. The molecule has 0 aliphatic heterocycles. The van der Waals surface area contributed by atoms with E-state index in [4.69, 9.17) is 11.6 Å². The lowest BCUT2D eigenvalue weighted by Gasteiger charge is -2.16. The van der Waals surface area contributed by atoms with Crippen molar-refractivity contribution in [2.45, 2.75) is 19.9 Å². The highest BCUT2D eigenvalue weighted by atomic mass is 35.5. The summed E-state index contributed by atoms with van der Waals surface area (Å²) in [5, 5.41) is 6.11. The molecule has 2 aromatic heterocycles. The molecule has 0 aliphatic rings. The molecule has 2 heterocycles. The molecule has 0 saturated carbocycles. The first-order chi connectivity index (χ1) is 10.1. The molecular formula is C16H16ClN3S. The maximum Gasteiger partial charge on any atom is 0.115 e. The van der Waals surface area contributed by atoms with Crippen LogP contribution in [0.3, 0.4) is 0 Å². The molecule has 108 valence electrons. The molecule has 3 aromatic rings. The molecule has 0 amide bonds. The number of aryl methyl sites for hydroxylation is 2. The third kappa shape index (κ3) is 2.55. The fraction of sp³-hybridized carbons (Fsp3) is 0.250. The van der Waals surface area contributed by atoms with Crippen molar-refractivity contribution in [1.82, 2.24) is 15.3 Å². The van der Waals surface area contributed by atoms with Crippen molar-refractivity contribution in [2.75, 3.05) is 7.05 Å². The Hall–Kier alpha value is -1.49. The van der Waals surface area contributed by atoms with Crippen LogP contribution in [0.5, 0.6) is 0 Å². The van der Waals surface area contributed by atoms with Gasteiger partial charge in [0, 0.05) is 27.0 Å². The summed E-state index contributed by atoms with van der Waals surface area (Å²) in [4.78, 5) is 10.4. The molecule has 0 spiro atoms. The van der Waals surface area contributed by atoms with Gasteiger partial charge in [0.05, 0.1) is 17.3 Å². The monoisotopic (exact) mass is 317 g/mol. The van der Waals surface area contributed by atoms with E-state index >= 15 is 0 Å². The topological polar surface area (TPSA) is 37.8 Å². The summed E-state index contributed by atoms with van der Waals surface area (Å²) >= 11 is 8.00. The largest absolute Gasteiger partial charge is 0.307 e. The lowest BCUT2D eigenvalue weighted by atomic mass is 10.0. The Bertz CT molecular complexity index is 778. The van der Waals surface area contributed by atoms with Crippen LogP contribution in [0.15, 0.2) is 30.5 Å². The van der Waals surface area contributed by atoms with Gasteiger partial charge in [0.15, 0.2) is 0 Å². The molecule has 0 bridgehead atoms. The van der Waals surface area contributed by atoms with Crippen LogP contribution in [0, 0.1) is 13.8 Å². The first-order valence-corrected chi connectivity index (χ1v) is 7.95. The third-order valence-electron chi connectivity index (χ3n) is 3.64. The third-order valence-corrected chi connectivity index (χ3v) is 5.11. The van der Waals surface area contributed by atoms with Gasteiger partial charge in [0.1, 0.15) is 5.01 Å². The second-order valence-corrected chi connectivity index (χ2v) is 6.59. The van der Waals surface area contributed by atoms with Gasteiger partial charge in [0.2, 0.25) is 0 Å². The minimum atomic E-state index is 0.0251. The smallest absolute Gasteiger partial charge is 0.115 e. The maximum atomic E-state index is 6.28. The summed E-state index contributed by atoms with van der Waals surface area (Å²) in [5.41, 5.74) is 3.11. The van der Waals surface area contributed by atoms with E-state index in [0.29, 0.717) is 0 Å². The number of hydrogen-bond donors (Lipinski definition) is 1. The van der Waals surface area contributed by atoms with Gasteiger partial charge in [0.25, 0.3) is 0 Å². The van der Waals surface area contributed by atoms with Crippen LogP contribution >= 0.6 is 22.9 Å². The van der Waals surface area contributed by atoms with E-state index in [1.54, 1.807) is 17.5 Å². The molecule has 5 heteroatoms. The zero-order valence-electron chi connectivity index (χ0n) is 12.1. The molecule has 1 aromatic carbocycles. The van der Waals surface area contributed by atoms with Crippen molar-refractivity contribution in [1.29, 1.82) is 0 Å². The first-order valence-electron chi connectivity index (χ1n) is 6.76. The summed E-state index contributed by atoms with van der Waals surface area (Å²) < 4.78 is 0. The van der Waals surface area contributed by atoms with Crippen LogP contribution < -0.4 is 5.32 Å². The zero-order valence-corrected chi connectivity index (χ0v) is 13.7. The fourth-order valence-electron chi connectivity index (χ4n) is 2.43. The molecule has 3 nitrogen and oxygen atoms in total. The van der Waals surface area contributed by atoms with Crippen molar-refractivity contribution < 1.29 is 0 Å². The van der Waals surface area contributed by atoms with E-state index in [0.717, 1.165) is 32.2 Å². The fourth-order valence-corrected chi connectivity index (χ4v) is 3.69. The van der Waals surface area contributed by atoms with Crippen LogP contribution in [0.2, 0.25) is 5.02 Å². The molecule has 0 fully saturated rings. The first kappa shape index (κ1) is 14.4. The molecule has 1 atom stereocenters. The van der Waals surface area contributed by atoms with E-state index in [2.05, 4.69) is 22.2 Å². The van der Waals surface area contributed by atoms with Crippen LogP contribution in [0.25, 0.3) is 10.9 Å². The average Bonchev–Trinajstić information content (AvgIpc) is 2.82. The lowest BCUT2D eigenvalue weighted by Crippen LogP contribution is -2.18. The highest BCUT2D eigenvalue weighted by Gasteiger charge is 2.20. The predicted molar refractivity (Wildman–Crippen MR) is 89.2 cm³/mol. The Balaban J connectivity index is 2.20. The Morgan fingerprint density at radius 1 is 1.24 bits per heavy atom. The number of halogens is 1.